The quantitative estimate of drug-likeness (QED) is 0.654. The van der Waals surface area contributed by atoms with Gasteiger partial charge in [0, 0.05) is 17.0 Å². The van der Waals surface area contributed by atoms with Crippen molar-refractivity contribution in [2.24, 2.45) is 0 Å². The highest BCUT2D eigenvalue weighted by Crippen LogP contribution is 2.13. The first kappa shape index (κ1) is 12.1. The van der Waals surface area contributed by atoms with Crippen molar-refractivity contribution in [3.8, 4) is 0 Å². The summed E-state index contributed by atoms with van der Waals surface area (Å²) in [6.45, 7) is 3.37. The van der Waals surface area contributed by atoms with Gasteiger partial charge in [0.2, 0.25) is 0 Å². The minimum atomic E-state index is 0.614. The third-order valence-electron chi connectivity index (χ3n) is 2.54. The smallest absolute Gasteiger partial charge is 0.0797 e. The number of ether oxygens (including phenoxy) is 1. The van der Waals surface area contributed by atoms with Crippen LogP contribution in [0.2, 0.25) is 0 Å². The minimum absolute atomic E-state index is 0.614. The number of benzene rings is 1. The van der Waals surface area contributed by atoms with E-state index in [2.05, 4.69) is 4.98 Å². The maximum atomic E-state index is 5.70. The van der Waals surface area contributed by atoms with Gasteiger partial charge in [0.1, 0.15) is 0 Å². The second kappa shape index (κ2) is 5.80. The van der Waals surface area contributed by atoms with Crippen LogP contribution in [0.5, 0.6) is 0 Å². The van der Waals surface area contributed by atoms with E-state index in [-0.39, 0.29) is 0 Å². The predicted octanol–water partition coefficient (Wildman–Crippen LogP) is 2.79. The molecule has 0 bridgehead atoms. The average molecular weight is 248 g/mol. The highest BCUT2D eigenvalue weighted by molar-refractivity contribution is 7.09. The summed E-state index contributed by atoms with van der Waals surface area (Å²) in [6, 6.07) is 7.79. The molecule has 0 unspecified atom stereocenters. The number of nitrogens with two attached hydrogens (primary N) is 1. The minimum Gasteiger partial charge on any atom is -0.399 e. The van der Waals surface area contributed by atoms with Gasteiger partial charge in [-0.15, -0.1) is 11.3 Å². The van der Waals surface area contributed by atoms with Crippen molar-refractivity contribution in [1.82, 2.24) is 4.98 Å². The largest absolute Gasteiger partial charge is 0.399 e. The molecule has 17 heavy (non-hydrogen) atoms. The molecule has 0 saturated carbocycles. The Labute approximate surface area is 105 Å². The Kier molecular flexibility index (Phi) is 4.12. The molecule has 2 N–H and O–H groups in total. The van der Waals surface area contributed by atoms with Crippen LogP contribution in [-0.4, -0.2) is 11.6 Å². The van der Waals surface area contributed by atoms with Gasteiger partial charge in [-0.05, 0) is 24.6 Å². The predicted molar refractivity (Wildman–Crippen MR) is 71.1 cm³/mol. The molecular formula is C13H16N2OS. The zero-order valence-corrected chi connectivity index (χ0v) is 10.7. The lowest BCUT2D eigenvalue weighted by Crippen LogP contribution is -1.99. The molecule has 0 spiro atoms. The van der Waals surface area contributed by atoms with Gasteiger partial charge in [0.15, 0.2) is 0 Å². The third kappa shape index (κ3) is 3.54. The number of aromatic nitrogens is 1. The zero-order valence-electron chi connectivity index (χ0n) is 9.85. The fourth-order valence-corrected chi connectivity index (χ4v) is 2.37. The van der Waals surface area contributed by atoms with Crippen molar-refractivity contribution in [1.29, 1.82) is 0 Å². The maximum Gasteiger partial charge on any atom is 0.0797 e. The Hall–Kier alpha value is -1.39. The second-order valence-corrected chi connectivity index (χ2v) is 4.85. The van der Waals surface area contributed by atoms with Gasteiger partial charge >= 0.3 is 0 Å². The Morgan fingerprint density at radius 1 is 1.41 bits per heavy atom. The molecule has 0 amide bonds. The van der Waals surface area contributed by atoms with Gasteiger partial charge in [-0.25, -0.2) is 4.98 Å². The standard InChI is InChI=1S/C13H16N2OS/c1-10-13(17-9-15-10)5-6-16-8-11-3-2-4-12(14)7-11/h2-4,7,9H,5-6,8,14H2,1H3. The Bertz CT molecular complexity index is 482. The average Bonchev–Trinajstić information content (AvgIpc) is 2.71. The fraction of sp³-hybridized carbons (Fsp3) is 0.308. The highest BCUT2D eigenvalue weighted by atomic mass is 32.1. The van der Waals surface area contributed by atoms with Crippen molar-refractivity contribution in [3.05, 3.63) is 45.9 Å². The van der Waals surface area contributed by atoms with Gasteiger partial charge in [-0.3, -0.25) is 0 Å². The molecule has 0 radical (unpaired) electrons. The van der Waals surface area contributed by atoms with E-state index < -0.39 is 0 Å². The maximum absolute atomic E-state index is 5.70. The van der Waals surface area contributed by atoms with E-state index in [1.807, 2.05) is 36.7 Å². The molecule has 0 saturated heterocycles. The van der Waals surface area contributed by atoms with Gasteiger partial charge < -0.3 is 10.5 Å². The number of anilines is 1. The topological polar surface area (TPSA) is 48.1 Å². The lowest BCUT2D eigenvalue weighted by Gasteiger charge is -2.04. The first-order valence-corrected chi connectivity index (χ1v) is 6.45. The molecule has 0 fully saturated rings. The number of rotatable bonds is 5. The molecule has 2 rings (SSSR count). The second-order valence-electron chi connectivity index (χ2n) is 3.91. The molecule has 2 aromatic rings. The summed E-state index contributed by atoms with van der Waals surface area (Å²) in [5.74, 6) is 0. The molecule has 1 aromatic heterocycles. The summed E-state index contributed by atoms with van der Waals surface area (Å²) in [4.78, 5) is 5.51. The summed E-state index contributed by atoms with van der Waals surface area (Å²) in [5.41, 5.74) is 10.6. The third-order valence-corrected chi connectivity index (χ3v) is 3.53. The van der Waals surface area contributed by atoms with E-state index >= 15 is 0 Å². The monoisotopic (exact) mass is 248 g/mol. The summed E-state index contributed by atoms with van der Waals surface area (Å²) < 4.78 is 5.63. The van der Waals surface area contributed by atoms with Crippen LogP contribution < -0.4 is 5.73 Å². The number of hydrogen-bond donors (Lipinski definition) is 1. The van der Waals surface area contributed by atoms with Gasteiger partial charge in [0.05, 0.1) is 24.4 Å². The van der Waals surface area contributed by atoms with Crippen molar-refractivity contribution in [2.75, 3.05) is 12.3 Å². The SMILES string of the molecule is Cc1ncsc1CCOCc1cccc(N)c1. The molecule has 1 aromatic carbocycles. The zero-order chi connectivity index (χ0) is 12.1. The lowest BCUT2D eigenvalue weighted by molar-refractivity contribution is 0.124. The van der Waals surface area contributed by atoms with E-state index in [1.54, 1.807) is 11.3 Å². The van der Waals surface area contributed by atoms with Crippen LogP contribution in [0.3, 0.4) is 0 Å². The summed E-state index contributed by atoms with van der Waals surface area (Å²) in [6.07, 6.45) is 0.929. The molecule has 90 valence electrons. The van der Waals surface area contributed by atoms with Crippen molar-refractivity contribution < 1.29 is 4.74 Å². The Morgan fingerprint density at radius 2 is 2.29 bits per heavy atom. The molecule has 3 nitrogen and oxygen atoms in total. The van der Waals surface area contributed by atoms with Gasteiger partial charge in [0.25, 0.3) is 0 Å². The van der Waals surface area contributed by atoms with Crippen LogP contribution in [0.1, 0.15) is 16.1 Å². The van der Waals surface area contributed by atoms with Crippen molar-refractivity contribution in [3.63, 3.8) is 0 Å². The van der Waals surface area contributed by atoms with Crippen LogP contribution in [0.4, 0.5) is 5.69 Å². The number of nitrogen functional groups attached to an aromatic ring is 1. The number of thiazole rings is 1. The lowest BCUT2D eigenvalue weighted by atomic mass is 10.2. The van der Waals surface area contributed by atoms with Crippen LogP contribution in [-0.2, 0) is 17.8 Å². The van der Waals surface area contributed by atoms with Crippen molar-refractivity contribution in [2.45, 2.75) is 20.0 Å². The van der Waals surface area contributed by atoms with Crippen LogP contribution in [0, 0.1) is 6.92 Å². The van der Waals surface area contributed by atoms with Crippen molar-refractivity contribution >= 4 is 17.0 Å². The number of aryl methyl sites for hydroxylation is 1. The Morgan fingerprint density at radius 3 is 3.00 bits per heavy atom. The molecule has 0 aliphatic carbocycles. The molecule has 0 aliphatic rings. The molecule has 4 heteroatoms. The molecular weight excluding hydrogens is 232 g/mol. The Balaban J connectivity index is 1.75. The summed E-state index contributed by atoms with van der Waals surface area (Å²) in [7, 11) is 0. The summed E-state index contributed by atoms with van der Waals surface area (Å²) >= 11 is 1.69. The summed E-state index contributed by atoms with van der Waals surface area (Å²) in [5, 5.41) is 0. The van der Waals surface area contributed by atoms with Crippen LogP contribution >= 0.6 is 11.3 Å². The fourth-order valence-electron chi connectivity index (χ4n) is 1.60. The van der Waals surface area contributed by atoms with E-state index in [1.165, 1.54) is 4.88 Å². The van der Waals surface area contributed by atoms with E-state index in [0.29, 0.717) is 6.61 Å². The van der Waals surface area contributed by atoms with Gasteiger partial charge in [-0.2, -0.15) is 0 Å². The first-order valence-electron chi connectivity index (χ1n) is 5.57. The van der Waals surface area contributed by atoms with Crippen LogP contribution in [0.25, 0.3) is 0 Å². The van der Waals surface area contributed by atoms with E-state index in [4.69, 9.17) is 10.5 Å². The van der Waals surface area contributed by atoms with Gasteiger partial charge in [-0.1, -0.05) is 12.1 Å². The van der Waals surface area contributed by atoms with E-state index in [0.717, 1.165) is 30.0 Å². The van der Waals surface area contributed by atoms with Crippen LogP contribution in [0.15, 0.2) is 29.8 Å². The molecule has 0 atom stereocenters. The first-order chi connectivity index (χ1) is 8.25. The highest BCUT2D eigenvalue weighted by Gasteiger charge is 2.01. The molecule has 0 aliphatic heterocycles. The number of nitrogens with zero attached hydrogens (tertiary/aromatic N) is 1. The van der Waals surface area contributed by atoms with E-state index in [9.17, 15) is 0 Å². The normalized spacial score (nSPS) is 10.6. The number of hydrogen-bond acceptors (Lipinski definition) is 4. The molecule has 1 heterocycles.